The zero-order chi connectivity index (χ0) is 6.97. The number of rotatable bonds is 0. The van der Waals surface area contributed by atoms with Crippen LogP contribution >= 0.6 is 0 Å². The molecule has 1 nitrogen and oxygen atoms in total. The molecule has 1 saturated carbocycles. The third-order valence-electron chi connectivity index (χ3n) is 2.75. The number of fused-ring (bicyclic) bond motifs is 1. The third-order valence-corrected chi connectivity index (χ3v) is 2.75. The van der Waals surface area contributed by atoms with Gasteiger partial charge in [0.25, 0.3) is 0 Å². The van der Waals surface area contributed by atoms with Crippen LogP contribution in [-0.2, 0) is 4.79 Å². The molecule has 2 aliphatic carbocycles. The summed E-state index contributed by atoms with van der Waals surface area (Å²) in [4.78, 5) is 11.2. The van der Waals surface area contributed by atoms with Crippen molar-refractivity contribution in [1.29, 1.82) is 0 Å². The van der Waals surface area contributed by atoms with Crippen LogP contribution in [0.4, 0.5) is 0 Å². The maximum atomic E-state index is 11.2. The van der Waals surface area contributed by atoms with Crippen molar-refractivity contribution < 1.29 is 4.79 Å². The van der Waals surface area contributed by atoms with Crippen molar-refractivity contribution in [1.82, 2.24) is 0 Å². The molecule has 0 saturated heterocycles. The van der Waals surface area contributed by atoms with E-state index in [2.05, 4.69) is 0 Å². The Kier molecular flexibility index (Phi) is 1.37. The number of hydrogen-bond acceptors (Lipinski definition) is 1. The summed E-state index contributed by atoms with van der Waals surface area (Å²) in [6.07, 6.45) is 8.65. The van der Waals surface area contributed by atoms with Gasteiger partial charge in [-0.15, -0.1) is 0 Å². The van der Waals surface area contributed by atoms with Gasteiger partial charge in [-0.3, -0.25) is 4.79 Å². The molecular weight excluding hydrogens is 124 g/mol. The topological polar surface area (TPSA) is 17.1 Å². The van der Waals surface area contributed by atoms with Gasteiger partial charge in [0.1, 0.15) is 0 Å². The number of hydrogen-bond donors (Lipinski definition) is 0. The Morgan fingerprint density at radius 2 is 2.30 bits per heavy atom. The lowest BCUT2D eigenvalue weighted by Crippen LogP contribution is -2.19. The molecule has 1 fully saturated rings. The predicted molar refractivity (Wildman–Crippen MR) is 39.6 cm³/mol. The van der Waals surface area contributed by atoms with E-state index in [0.717, 1.165) is 12.8 Å². The van der Waals surface area contributed by atoms with Gasteiger partial charge in [0.2, 0.25) is 0 Å². The van der Waals surface area contributed by atoms with Crippen LogP contribution in [0.2, 0.25) is 0 Å². The van der Waals surface area contributed by atoms with E-state index in [1.54, 1.807) is 6.08 Å². The van der Waals surface area contributed by atoms with E-state index in [0.29, 0.717) is 17.6 Å². The standard InChI is InChI=1S/C9H12O/c10-9-6-2-4-7-3-1-5-8(7)9/h2,6-8H,1,3-5H2/t7-,8+/m0/s1. The molecule has 0 radical (unpaired) electrons. The fraction of sp³-hybridized carbons (Fsp3) is 0.667. The van der Waals surface area contributed by atoms with Crippen molar-refractivity contribution in [2.24, 2.45) is 11.8 Å². The molecule has 2 rings (SSSR count). The van der Waals surface area contributed by atoms with Crippen LogP contribution < -0.4 is 0 Å². The molecule has 0 bridgehead atoms. The fourth-order valence-corrected chi connectivity index (χ4v) is 2.18. The second kappa shape index (κ2) is 2.22. The second-order valence-corrected chi connectivity index (χ2v) is 3.34. The zero-order valence-electron chi connectivity index (χ0n) is 6.05. The Bertz CT molecular complexity index is 181. The van der Waals surface area contributed by atoms with Gasteiger partial charge in [-0.25, -0.2) is 0 Å². The molecule has 0 aromatic rings. The molecule has 0 heterocycles. The highest BCUT2D eigenvalue weighted by Crippen LogP contribution is 2.37. The average molecular weight is 136 g/mol. The van der Waals surface area contributed by atoms with Crippen molar-refractivity contribution in [2.45, 2.75) is 25.7 Å². The Balaban J connectivity index is 2.20. The summed E-state index contributed by atoms with van der Waals surface area (Å²) >= 11 is 0. The Morgan fingerprint density at radius 3 is 3.10 bits per heavy atom. The number of carbonyl (C=O) groups excluding carboxylic acids is 1. The van der Waals surface area contributed by atoms with E-state index in [4.69, 9.17) is 0 Å². The maximum absolute atomic E-state index is 11.2. The molecule has 0 N–H and O–H groups in total. The molecule has 1 heteroatoms. The molecule has 10 heavy (non-hydrogen) atoms. The molecule has 0 aliphatic heterocycles. The van der Waals surface area contributed by atoms with Gasteiger partial charge in [0.15, 0.2) is 5.78 Å². The number of ketones is 1. The van der Waals surface area contributed by atoms with Crippen LogP contribution in [0.15, 0.2) is 12.2 Å². The summed E-state index contributed by atoms with van der Waals surface area (Å²) in [7, 11) is 0. The summed E-state index contributed by atoms with van der Waals surface area (Å²) in [6.45, 7) is 0. The molecule has 54 valence electrons. The van der Waals surface area contributed by atoms with E-state index in [-0.39, 0.29) is 0 Å². The van der Waals surface area contributed by atoms with E-state index in [1.165, 1.54) is 12.8 Å². The van der Waals surface area contributed by atoms with Crippen LogP contribution in [0.1, 0.15) is 25.7 Å². The molecule has 0 aromatic carbocycles. The Hall–Kier alpha value is -0.590. The largest absolute Gasteiger partial charge is 0.295 e. The first-order valence-corrected chi connectivity index (χ1v) is 4.08. The van der Waals surface area contributed by atoms with Gasteiger partial charge in [-0.1, -0.05) is 12.5 Å². The highest BCUT2D eigenvalue weighted by Gasteiger charge is 2.32. The molecule has 2 atom stereocenters. The minimum atomic E-state index is 0.383. The van der Waals surface area contributed by atoms with Gasteiger partial charge in [0, 0.05) is 5.92 Å². The lowest BCUT2D eigenvalue weighted by atomic mass is 9.85. The first kappa shape index (κ1) is 6.14. The fourth-order valence-electron chi connectivity index (χ4n) is 2.18. The average Bonchev–Trinajstić information content (AvgIpc) is 2.36. The normalized spacial score (nSPS) is 38.2. The number of allylic oxidation sites excluding steroid dienone is 2. The SMILES string of the molecule is O=C1C=CC[C@@H]2CCC[C@@H]12. The van der Waals surface area contributed by atoms with Crippen LogP contribution in [0.25, 0.3) is 0 Å². The quantitative estimate of drug-likeness (QED) is 0.497. The van der Waals surface area contributed by atoms with Gasteiger partial charge in [-0.2, -0.15) is 0 Å². The Labute approximate surface area is 61.1 Å². The third kappa shape index (κ3) is 0.808. The second-order valence-electron chi connectivity index (χ2n) is 3.34. The molecule has 2 aliphatic rings. The van der Waals surface area contributed by atoms with E-state index >= 15 is 0 Å². The first-order valence-electron chi connectivity index (χ1n) is 4.08. The van der Waals surface area contributed by atoms with Gasteiger partial charge in [0.05, 0.1) is 0 Å². The summed E-state index contributed by atoms with van der Waals surface area (Å²) in [6, 6.07) is 0. The molecule has 0 spiro atoms. The zero-order valence-corrected chi connectivity index (χ0v) is 6.05. The minimum absolute atomic E-state index is 0.383. The monoisotopic (exact) mass is 136 g/mol. The molecule has 0 aromatic heterocycles. The van der Waals surface area contributed by atoms with Gasteiger partial charge >= 0.3 is 0 Å². The molecule has 0 amide bonds. The summed E-state index contributed by atoms with van der Waals surface area (Å²) in [5.41, 5.74) is 0. The predicted octanol–water partition coefficient (Wildman–Crippen LogP) is 1.93. The van der Waals surface area contributed by atoms with Crippen molar-refractivity contribution >= 4 is 5.78 Å². The van der Waals surface area contributed by atoms with Crippen molar-refractivity contribution in [3.05, 3.63) is 12.2 Å². The number of carbonyl (C=O) groups is 1. The minimum Gasteiger partial charge on any atom is -0.295 e. The van der Waals surface area contributed by atoms with Crippen LogP contribution in [0.3, 0.4) is 0 Å². The van der Waals surface area contributed by atoms with E-state index in [9.17, 15) is 4.79 Å². The van der Waals surface area contributed by atoms with Crippen LogP contribution in [0.5, 0.6) is 0 Å². The van der Waals surface area contributed by atoms with Gasteiger partial charge in [-0.05, 0) is 31.3 Å². The van der Waals surface area contributed by atoms with E-state index in [1.807, 2.05) is 6.08 Å². The smallest absolute Gasteiger partial charge is 0.158 e. The molecular formula is C9H12O. The summed E-state index contributed by atoms with van der Waals surface area (Å²) in [5, 5.41) is 0. The lowest BCUT2D eigenvalue weighted by molar-refractivity contribution is -0.119. The van der Waals surface area contributed by atoms with Crippen molar-refractivity contribution in [3.8, 4) is 0 Å². The summed E-state index contributed by atoms with van der Waals surface area (Å²) in [5.74, 6) is 1.50. The lowest BCUT2D eigenvalue weighted by Gasteiger charge is -2.18. The van der Waals surface area contributed by atoms with E-state index < -0.39 is 0 Å². The van der Waals surface area contributed by atoms with Crippen molar-refractivity contribution in [2.75, 3.05) is 0 Å². The van der Waals surface area contributed by atoms with Crippen LogP contribution in [-0.4, -0.2) is 5.78 Å². The first-order chi connectivity index (χ1) is 4.88. The van der Waals surface area contributed by atoms with Gasteiger partial charge < -0.3 is 0 Å². The summed E-state index contributed by atoms with van der Waals surface area (Å²) < 4.78 is 0. The molecule has 0 unspecified atom stereocenters. The van der Waals surface area contributed by atoms with Crippen LogP contribution in [0, 0.1) is 11.8 Å². The van der Waals surface area contributed by atoms with Crippen molar-refractivity contribution in [3.63, 3.8) is 0 Å². The Morgan fingerprint density at radius 1 is 1.40 bits per heavy atom. The highest BCUT2D eigenvalue weighted by molar-refractivity contribution is 5.92. The highest BCUT2D eigenvalue weighted by atomic mass is 16.1. The maximum Gasteiger partial charge on any atom is 0.158 e.